The van der Waals surface area contributed by atoms with Gasteiger partial charge < -0.3 is 10.4 Å². The zero-order valence-corrected chi connectivity index (χ0v) is 10.4. The molecule has 3 heteroatoms. The number of rotatable bonds is 3. The first-order valence-electron chi connectivity index (χ1n) is 6.87. The van der Waals surface area contributed by atoms with E-state index in [1.165, 1.54) is 19.3 Å². The molecule has 0 radical (unpaired) electrons. The van der Waals surface area contributed by atoms with Gasteiger partial charge in [0.25, 0.3) is 0 Å². The molecule has 2 unspecified atom stereocenters. The fraction of sp³-hybridized carbons (Fsp3) is 0.786. The first-order chi connectivity index (χ1) is 8.25. The van der Waals surface area contributed by atoms with E-state index < -0.39 is 5.97 Å². The SMILES string of the molecule is O=C(O)C1CCCC(C=CC2CCNCC2)C1. The molecule has 0 bridgehead atoms. The summed E-state index contributed by atoms with van der Waals surface area (Å²) in [5, 5.41) is 12.4. The molecule has 2 fully saturated rings. The molecule has 1 aliphatic carbocycles. The van der Waals surface area contributed by atoms with Crippen LogP contribution in [-0.2, 0) is 4.79 Å². The Morgan fingerprint density at radius 3 is 2.47 bits per heavy atom. The van der Waals surface area contributed by atoms with Gasteiger partial charge in [0.15, 0.2) is 0 Å². The second-order valence-corrected chi connectivity index (χ2v) is 5.43. The minimum absolute atomic E-state index is 0.105. The summed E-state index contributed by atoms with van der Waals surface area (Å²) in [4.78, 5) is 11.0. The summed E-state index contributed by atoms with van der Waals surface area (Å²) in [5.41, 5.74) is 0. The number of hydrogen-bond donors (Lipinski definition) is 2. The van der Waals surface area contributed by atoms with E-state index in [9.17, 15) is 4.79 Å². The highest BCUT2D eigenvalue weighted by Crippen LogP contribution is 2.30. The minimum Gasteiger partial charge on any atom is -0.481 e. The van der Waals surface area contributed by atoms with Crippen molar-refractivity contribution in [2.75, 3.05) is 13.1 Å². The predicted molar refractivity (Wildman–Crippen MR) is 67.8 cm³/mol. The van der Waals surface area contributed by atoms with Crippen LogP contribution in [0.2, 0.25) is 0 Å². The number of nitrogens with one attached hydrogen (secondary N) is 1. The lowest BCUT2D eigenvalue weighted by atomic mass is 9.80. The Morgan fingerprint density at radius 1 is 1.06 bits per heavy atom. The van der Waals surface area contributed by atoms with E-state index >= 15 is 0 Å². The van der Waals surface area contributed by atoms with Gasteiger partial charge in [0.2, 0.25) is 0 Å². The molecule has 0 amide bonds. The van der Waals surface area contributed by atoms with Gasteiger partial charge in [-0.25, -0.2) is 0 Å². The van der Waals surface area contributed by atoms with Crippen molar-refractivity contribution in [2.24, 2.45) is 17.8 Å². The van der Waals surface area contributed by atoms with Crippen LogP contribution < -0.4 is 5.32 Å². The largest absolute Gasteiger partial charge is 0.481 e. The van der Waals surface area contributed by atoms with E-state index in [0.717, 1.165) is 32.4 Å². The normalized spacial score (nSPS) is 31.8. The zero-order valence-electron chi connectivity index (χ0n) is 10.4. The van der Waals surface area contributed by atoms with Crippen LogP contribution in [0.4, 0.5) is 0 Å². The zero-order chi connectivity index (χ0) is 12.1. The second-order valence-electron chi connectivity index (χ2n) is 5.43. The van der Waals surface area contributed by atoms with Crippen molar-refractivity contribution < 1.29 is 9.90 Å². The van der Waals surface area contributed by atoms with Crippen molar-refractivity contribution in [3.63, 3.8) is 0 Å². The molecule has 1 saturated carbocycles. The summed E-state index contributed by atoms with van der Waals surface area (Å²) in [6.45, 7) is 2.24. The third kappa shape index (κ3) is 3.84. The quantitative estimate of drug-likeness (QED) is 0.741. The van der Waals surface area contributed by atoms with Crippen molar-refractivity contribution in [1.29, 1.82) is 0 Å². The van der Waals surface area contributed by atoms with E-state index in [1.54, 1.807) is 0 Å². The summed E-state index contributed by atoms with van der Waals surface area (Å²) >= 11 is 0. The summed E-state index contributed by atoms with van der Waals surface area (Å²) in [7, 11) is 0. The third-order valence-electron chi connectivity index (χ3n) is 4.10. The molecule has 0 aromatic rings. The van der Waals surface area contributed by atoms with Crippen LogP contribution in [0.5, 0.6) is 0 Å². The topological polar surface area (TPSA) is 49.3 Å². The molecular weight excluding hydrogens is 214 g/mol. The number of hydrogen-bond acceptors (Lipinski definition) is 2. The highest BCUT2D eigenvalue weighted by Gasteiger charge is 2.25. The number of allylic oxidation sites excluding steroid dienone is 2. The standard InChI is InChI=1S/C14H23NO2/c16-14(17)13-3-1-2-12(10-13)5-4-11-6-8-15-9-7-11/h4-5,11-13,15H,1-3,6-10H2,(H,16,17). The van der Waals surface area contributed by atoms with E-state index in [4.69, 9.17) is 5.11 Å². The van der Waals surface area contributed by atoms with E-state index in [2.05, 4.69) is 17.5 Å². The van der Waals surface area contributed by atoms with Gasteiger partial charge in [0.1, 0.15) is 0 Å². The van der Waals surface area contributed by atoms with Gasteiger partial charge in [-0.05, 0) is 57.0 Å². The van der Waals surface area contributed by atoms with Gasteiger partial charge in [-0.3, -0.25) is 4.79 Å². The molecule has 96 valence electrons. The fourth-order valence-corrected chi connectivity index (χ4v) is 2.98. The molecular formula is C14H23NO2. The Labute approximate surface area is 103 Å². The van der Waals surface area contributed by atoms with Crippen molar-refractivity contribution in [1.82, 2.24) is 5.32 Å². The maximum Gasteiger partial charge on any atom is 0.306 e. The first kappa shape index (κ1) is 12.6. The lowest BCUT2D eigenvalue weighted by Gasteiger charge is -2.25. The average molecular weight is 237 g/mol. The number of carboxylic acids is 1. The van der Waals surface area contributed by atoms with Crippen LogP contribution in [0, 0.1) is 17.8 Å². The lowest BCUT2D eigenvalue weighted by molar-refractivity contribution is -0.143. The molecule has 1 heterocycles. The Balaban J connectivity index is 1.81. The van der Waals surface area contributed by atoms with E-state index in [-0.39, 0.29) is 5.92 Å². The summed E-state index contributed by atoms with van der Waals surface area (Å²) < 4.78 is 0. The summed E-state index contributed by atoms with van der Waals surface area (Å²) in [6, 6.07) is 0. The Hall–Kier alpha value is -0.830. The van der Waals surface area contributed by atoms with Gasteiger partial charge in [0.05, 0.1) is 5.92 Å². The van der Waals surface area contributed by atoms with E-state index in [0.29, 0.717) is 11.8 Å². The predicted octanol–water partition coefficient (Wildman–Crippen LogP) is 2.43. The van der Waals surface area contributed by atoms with Crippen LogP contribution in [0.1, 0.15) is 38.5 Å². The first-order valence-corrected chi connectivity index (χ1v) is 6.87. The van der Waals surface area contributed by atoms with Crippen molar-refractivity contribution in [2.45, 2.75) is 38.5 Å². The number of carbonyl (C=O) groups is 1. The smallest absolute Gasteiger partial charge is 0.306 e. The lowest BCUT2D eigenvalue weighted by Crippen LogP contribution is -2.27. The van der Waals surface area contributed by atoms with Crippen molar-refractivity contribution in [3.8, 4) is 0 Å². The number of carboxylic acid groups (broad SMARTS) is 1. The molecule has 1 aliphatic heterocycles. The van der Waals surface area contributed by atoms with Gasteiger partial charge >= 0.3 is 5.97 Å². The Bertz CT molecular complexity index is 282. The third-order valence-corrected chi connectivity index (χ3v) is 4.10. The second kappa shape index (κ2) is 6.20. The van der Waals surface area contributed by atoms with Crippen LogP contribution in [0.25, 0.3) is 0 Å². The minimum atomic E-state index is -0.607. The van der Waals surface area contributed by atoms with Crippen LogP contribution in [-0.4, -0.2) is 24.2 Å². The molecule has 0 aromatic heterocycles. The summed E-state index contributed by atoms with van der Waals surface area (Å²) in [5.74, 6) is 0.498. The van der Waals surface area contributed by atoms with Crippen LogP contribution in [0.3, 0.4) is 0 Å². The number of piperidine rings is 1. The fourth-order valence-electron chi connectivity index (χ4n) is 2.98. The molecule has 3 nitrogen and oxygen atoms in total. The highest BCUT2D eigenvalue weighted by atomic mass is 16.4. The Morgan fingerprint density at radius 2 is 1.76 bits per heavy atom. The number of aliphatic carboxylic acids is 1. The molecule has 2 atom stereocenters. The molecule has 2 N–H and O–H groups in total. The van der Waals surface area contributed by atoms with E-state index in [1.807, 2.05) is 0 Å². The van der Waals surface area contributed by atoms with Crippen molar-refractivity contribution in [3.05, 3.63) is 12.2 Å². The van der Waals surface area contributed by atoms with Gasteiger partial charge in [-0.2, -0.15) is 0 Å². The molecule has 17 heavy (non-hydrogen) atoms. The molecule has 2 rings (SSSR count). The van der Waals surface area contributed by atoms with Gasteiger partial charge in [0, 0.05) is 0 Å². The average Bonchev–Trinajstić information content (AvgIpc) is 2.38. The molecule has 1 saturated heterocycles. The maximum absolute atomic E-state index is 11.0. The highest BCUT2D eigenvalue weighted by molar-refractivity contribution is 5.70. The molecule has 0 aromatic carbocycles. The molecule has 2 aliphatic rings. The summed E-state index contributed by atoms with van der Waals surface area (Å²) in [6.07, 6.45) is 11.0. The van der Waals surface area contributed by atoms with Crippen molar-refractivity contribution >= 4 is 5.97 Å². The maximum atomic E-state index is 11.0. The van der Waals surface area contributed by atoms with Crippen LogP contribution >= 0.6 is 0 Å². The van der Waals surface area contributed by atoms with Crippen LogP contribution in [0.15, 0.2) is 12.2 Å². The Kier molecular flexibility index (Phi) is 4.60. The monoisotopic (exact) mass is 237 g/mol. The molecule has 0 spiro atoms. The van der Waals surface area contributed by atoms with Gasteiger partial charge in [-0.15, -0.1) is 0 Å². The van der Waals surface area contributed by atoms with Gasteiger partial charge in [-0.1, -0.05) is 18.6 Å².